The van der Waals surface area contributed by atoms with E-state index < -0.39 is 4.92 Å². The van der Waals surface area contributed by atoms with E-state index in [1.165, 1.54) is 6.07 Å². The fourth-order valence-electron chi connectivity index (χ4n) is 3.26. The second-order valence-corrected chi connectivity index (χ2v) is 7.11. The number of amides is 1. The topological polar surface area (TPSA) is 84.7 Å². The predicted octanol–water partition coefficient (Wildman–Crippen LogP) is 3.01. The van der Waals surface area contributed by atoms with Gasteiger partial charge < -0.3 is 10.1 Å². The molecule has 1 heterocycles. The Morgan fingerprint density at radius 3 is 2.50 bits per heavy atom. The van der Waals surface area contributed by atoms with Gasteiger partial charge in [0.2, 0.25) is 0 Å². The van der Waals surface area contributed by atoms with Crippen LogP contribution < -0.4 is 5.32 Å². The van der Waals surface area contributed by atoms with Gasteiger partial charge in [-0.25, -0.2) is 0 Å². The molecule has 3 rings (SSSR count). The molecule has 1 fully saturated rings. The lowest BCUT2D eigenvalue weighted by atomic mass is 10.0. The van der Waals surface area contributed by atoms with Gasteiger partial charge in [0.25, 0.3) is 11.6 Å². The number of aryl methyl sites for hydroxylation is 2. The standard InChI is InChI=1S/C21H25N3O4/c1-15-3-6-17(7-4-15)19(14-23-9-11-28-12-10-23)22-21(25)18-8-5-16(2)20(13-18)24(26)27/h3-8,13,19H,9-12,14H2,1-2H3,(H,22,25). The van der Waals surface area contributed by atoms with Crippen LogP contribution in [-0.2, 0) is 4.74 Å². The van der Waals surface area contributed by atoms with E-state index in [9.17, 15) is 14.9 Å². The monoisotopic (exact) mass is 383 g/mol. The highest BCUT2D eigenvalue weighted by atomic mass is 16.6. The van der Waals surface area contributed by atoms with Crippen molar-refractivity contribution in [3.05, 3.63) is 74.8 Å². The minimum Gasteiger partial charge on any atom is -0.379 e. The van der Waals surface area contributed by atoms with E-state index in [0.717, 1.165) is 24.2 Å². The lowest BCUT2D eigenvalue weighted by Gasteiger charge is -2.31. The maximum absolute atomic E-state index is 12.8. The SMILES string of the molecule is Cc1ccc(C(CN2CCOCC2)NC(=O)c2ccc(C)c([N+](=O)[O-])c2)cc1. The molecule has 2 aromatic rings. The number of nitrogens with one attached hydrogen (secondary N) is 1. The Kier molecular flexibility index (Phi) is 6.38. The van der Waals surface area contributed by atoms with Crippen LogP contribution in [0.4, 0.5) is 5.69 Å². The predicted molar refractivity (Wildman–Crippen MR) is 106 cm³/mol. The summed E-state index contributed by atoms with van der Waals surface area (Å²) >= 11 is 0. The summed E-state index contributed by atoms with van der Waals surface area (Å²) < 4.78 is 5.41. The molecule has 7 nitrogen and oxygen atoms in total. The van der Waals surface area contributed by atoms with Crippen molar-refractivity contribution in [3.63, 3.8) is 0 Å². The van der Waals surface area contributed by atoms with E-state index >= 15 is 0 Å². The second-order valence-electron chi connectivity index (χ2n) is 7.11. The van der Waals surface area contributed by atoms with Gasteiger partial charge in [0.15, 0.2) is 0 Å². The summed E-state index contributed by atoms with van der Waals surface area (Å²) in [5.41, 5.74) is 2.93. The molecule has 1 amide bonds. The van der Waals surface area contributed by atoms with Crippen LogP contribution in [-0.4, -0.2) is 48.6 Å². The van der Waals surface area contributed by atoms with Crippen molar-refractivity contribution in [2.75, 3.05) is 32.8 Å². The number of nitro benzene ring substituents is 1. The largest absolute Gasteiger partial charge is 0.379 e. The minimum absolute atomic E-state index is 0.0484. The molecule has 148 valence electrons. The van der Waals surface area contributed by atoms with Gasteiger partial charge >= 0.3 is 0 Å². The number of rotatable bonds is 6. The molecular formula is C21H25N3O4. The third-order valence-corrected chi connectivity index (χ3v) is 5.00. The average molecular weight is 383 g/mol. The maximum Gasteiger partial charge on any atom is 0.273 e. The molecule has 1 saturated heterocycles. The summed E-state index contributed by atoms with van der Waals surface area (Å²) in [4.78, 5) is 25.8. The van der Waals surface area contributed by atoms with Crippen LogP contribution in [0.2, 0.25) is 0 Å². The van der Waals surface area contributed by atoms with Crippen LogP contribution in [0.1, 0.15) is 33.1 Å². The van der Waals surface area contributed by atoms with E-state index in [0.29, 0.717) is 25.3 Å². The fraction of sp³-hybridized carbons (Fsp3) is 0.381. The normalized spacial score (nSPS) is 15.8. The van der Waals surface area contributed by atoms with Crippen LogP contribution in [0.25, 0.3) is 0 Å². The molecule has 0 bridgehead atoms. The van der Waals surface area contributed by atoms with Gasteiger partial charge in [-0.3, -0.25) is 19.8 Å². The van der Waals surface area contributed by atoms with Crippen LogP contribution in [0.15, 0.2) is 42.5 Å². The first-order valence-corrected chi connectivity index (χ1v) is 9.36. The number of benzene rings is 2. The number of ether oxygens (including phenoxy) is 1. The quantitative estimate of drug-likeness (QED) is 0.612. The van der Waals surface area contributed by atoms with Gasteiger partial charge in [-0.1, -0.05) is 35.9 Å². The Bertz CT molecular complexity index is 845. The molecule has 7 heteroatoms. The van der Waals surface area contributed by atoms with Crippen molar-refractivity contribution in [2.45, 2.75) is 19.9 Å². The number of hydrogen-bond donors (Lipinski definition) is 1. The molecular weight excluding hydrogens is 358 g/mol. The van der Waals surface area contributed by atoms with Gasteiger partial charge in [-0.2, -0.15) is 0 Å². The Balaban J connectivity index is 1.81. The third-order valence-electron chi connectivity index (χ3n) is 5.00. The van der Waals surface area contributed by atoms with Crippen molar-refractivity contribution >= 4 is 11.6 Å². The lowest BCUT2D eigenvalue weighted by molar-refractivity contribution is -0.385. The Morgan fingerprint density at radius 1 is 1.18 bits per heavy atom. The lowest BCUT2D eigenvalue weighted by Crippen LogP contribution is -2.43. The van der Waals surface area contributed by atoms with Crippen LogP contribution in [0.5, 0.6) is 0 Å². The minimum atomic E-state index is -0.461. The summed E-state index contributed by atoms with van der Waals surface area (Å²) in [6, 6.07) is 12.4. The average Bonchev–Trinajstić information content (AvgIpc) is 2.69. The highest BCUT2D eigenvalue weighted by molar-refractivity contribution is 5.95. The molecule has 1 unspecified atom stereocenters. The summed E-state index contributed by atoms with van der Waals surface area (Å²) in [5.74, 6) is -0.318. The highest BCUT2D eigenvalue weighted by Crippen LogP contribution is 2.21. The first-order chi connectivity index (χ1) is 13.4. The van der Waals surface area contributed by atoms with E-state index in [-0.39, 0.29) is 23.2 Å². The van der Waals surface area contributed by atoms with Gasteiger partial charge in [-0.15, -0.1) is 0 Å². The molecule has 1 N–H and O–H groups in total. The molecule has 0 spiro atoms. The molecule has 28 heavy (non-hydrogen) atoms. The van der Waals surface area contributed by atoms with E-state index in [2.05, 4.69) is 10.2 Å². The molecule has 0 aromatic heterocycles. The molecule has 0 aliphatic carbocycles. The number of hydrogen-bond acceptors (Lipinski definition) is 5. The summed E-state index contributed by atoms with van der Waals surface area (Å²) in [7, 11) is 0. The van der Waals surface area contributed by atoms with E-state index in [4.69, 9.17) is 4.74 Å². The number of morpholine rings is 1. The number of carbonyl (C=O) groups excluding carboxylic acids is 1. The number of nitro groups is 1. The van der Waals surface area contributed by atoms with Gasteiger partial charge in [0.1, 0.15) is 0 Å². The summed E-state index contributed by atoms with van der Waals surface area (Å²) in [6.45, 7) is 7.32. The third kappa shape index (κ3) is 4.94. The first kappa shape index (κ1) is 20.0. The van der Waals surface area contributed by atoms with E-state index in [1.807, 2.05) is 31.2 Å². The van der Waals surface area contributed by atoms with Crippen molar-refractivity contribution in [3.8, 4) is 0 Å². The van der Waals surface area contributed by atoms with Crippen LogP contribution >= 0.6 is 0 Å². The van der Waals surface area contributed by atoms with Crippen LogP contribution in [0.3, 0.4) is 0 Å². The Morgan fingerprint density at radius 2 is 1.86 bits per heavy atom. The maximum atomic E-state index is 12.8. The zero-order valence-corrected chi connectivity index (χ0v) is 16.2. The number of carbonyl (C=O) groups is 1. The van der Waals surface area contributed by atoms with Gasteiger partial charge in [0.05, 0.1) is 24.2 Å². The van der Waals surface area contributed by atoms with Gasteiger partial charge in [0, 0.05) is 36.8 Å². The van der Waals surface area contributed by atoms with Crippen molar-refractivity contribution < 1.29 is 14.5 Å². The molecule has 1 aliphatic rings. The van der Waals surface area contributed by atoms with Crippen molar-refractivity contribution in [1.29, 1.82) is 0 Å². The zero-order chi connectivity index (χ0) is 20.1. The first-order valence-electron chi connectivity index (χ1n) is 9.36. The molecule has 0 radical (unpaired) electrons. The summed E-state index contributed by atoms with van der Waals surface area (Å²) in [5, 5.41) is 14.2. The molecule has 0 saturated carbocycles. The summed E-state index contributed by atoms with van der Waals surface area (Å²) in [6.07, 6.45) is 0. The molecule has 1 atom stereocenters. The van der Waals surface area contributed by atoms with Crippen LogP contribution in [0, 0.1) is 24.0 Å². The molecule has 1 aliphatic heterocycles. The fourth-order valence-corrected chi connectivity index (χ4v) is 3.26. The Hall–Kier alpha value is -2.77. The van der Waals surface area contributed by atoms with Crippen molar-refractivity contribution in [1.82, 2.24) is 10.2 Å². The highest BCUT2D eigenvalue weighted by Gasteiger charge is 2.22. The van der Waals surface area contributed by atoms with Gasteiger partial charge in [-0.05, 0) is 25.5 Å². The number of nitrogens with zero attached hydrogens (tertiary/aromatic N) is 2. The van der Waals surface area contributed by atoms with Crippen molar-refractivity contribution in [2.24, 2.45) is 0 Å². The second kappa shape index (κ2) is 8.95. The van der Waals surface area contributed by atoms with E-state index in [1.54, 1.807) is 19.1 Å². The smallest absolute Gasteiger partial charge is 0.273 e. The zero-order valence-electron chi connectivity index (χ0n) is 16.2. The Labute approximate surface area is 164 Å². The molecule has 2 aromatic carbocycles.